The van der Waals surface area contributed by atoms with Crippen molar-refractivity contribution in [3.05, 3.63) is 0 Å². The Labute approximate surface area is 91.8 Å². The Morgan fingerprint density at radius 3 is 2.53 bits per heavy atom. The number of amides is 1. The van der Waals surface area contributed by atoms with E-state index in [1.807, 2.05) is 27.7 Å². The van der Waals surface area contributed by atoms with Crippen LogP contribution < -0.4 is 5.73 Å². The molecule has 1 aliphatic rings. The molecule has 0 radical (unpaired) electrons. The maximum Gasteiger partial charge on any atom is 0.410 e. The van der Waals surface area contributed by atoms with E-state index in [-0.39, 0.29) is 12.1 Å². The van der Waals surface area contributed by atoms with Crippen molar-refractivity contribution in [1.29, 1.82) is 0 Å². The first kappa shape index (κ1) is 12.3. The molecule has 4 heteroatoms. The molecule has 0 aromatic carbocycles. The van der Waals surface area contributed by atoms with E-state index < -0.39 is 5.60 Å². The number of hydrogen-bond acceptors (Lipinski definition) is 3. The van der Waals surface area contributed by atoms with Crippen LogP contribution in [-0.4, -0.2) is 35.7 Å². The van der Waals surface area contributed by atoms with E-state index in [0.29, 0.717) is 12.5 Å². The van der Waals surface area contributed by atoms with E-state index in [9.17, 15) is 4.79 Å². The minimum atomic E-state index is -0.419. The molecule has 1 fully saturated rings. The topological polar surface area (TPSA) is 55.6 Å². The summed E-state index contributed by atoms with van der Waals surface area (Å²) in [5.74, 6) is 0.424. The van der Waals surface area contributed by atoms with Crippen LogP contribution in [0.1, 0.15) is 34.1 Å². The maximum atomic E-state index is 11.8. The summed E-state index contributed by atoms with van der Waals surface area (Å²) in [5, 5.41) is 0. The summed E-state index contributed by atoms with van der Waals surface area (Å²) >= 11 is 0. The number of likely N-dealkylation sites (tertiary alicyclic amines) is 1. The molecule has 88 valence electrons. The first-order valence-corrected chi connectivity index (χ1v) is 5.53. The minimum absolute atomic E-state index is 0.217. The van der Waals surface area contributed by atoms with Crippen LogP contribution >= 0.6 is 0 Å². The van der Waals surface area contributed by atoms with Gasteiger partial charge in [-0.2, -0.15) is 0 Å². The van der Waals surface area contributed by atoms with Gasteiger partial charge in [0.1, 0.15) is 5.60 Å². The first-order valence-electron chi connectivity index (χ1n) is 5.53. The van der Waals surface area contributed by atoms with Gasteiger partial charge in [-0.05, 0) is 46.6 Å². The zero-order valence-electron chi connectivity index (χ0n) is 10.1. The zero-order chi connectivity index (χ0) is 11.6. The van der Waals surface area contributed by atoms with Crippen molar-refractivity contribution >= 4 is 6.09 Å². The molecule has 0 spiro atoms. The van der Waals surface area contributed by atoms with Crippen LogP contribution in [0.4, 0.5) is 4.79 Å². The highest BCUT2D eigenvalue weighted by atomic mass is 16.6. The molecule has 2 atom stereocenters. The summed E-state index contributed by atoms with van der Waals surface area (Å²) < 4.78 is 5.33. The SMILES string of the molecule is C[C@@H]1C[C@H](CN)CN1C(=O)OC(C)(C)C. The largest absolute Gasteiger partial charge is 0.444 e. The molecule has 1 rings (SSSR count). The summed E-state index contributed by atoms with van der Waals surface area (Å²) in [4.78, 5) is 13.6. The summed E-state index contributed by atoms with van der Waals surface area (Å²) in [6.07, 6.45) is 0.765. The molecule has 0 aromatic heterocycles. The van der Waals surface area contributed by atoms with Gasteiger partial charge in [-0.1, -0.05) is 0 Å². The van der Waals surface area contributed by atoms with Crippen molar-refractivity contribution < 1.29 is 9.53 Å². The third-order valence-corrected chi connectivity index (χ3v) is 2.62. The number of ether oxygens (including phenoxy) is 1. The van der Waals surface area contributed by atoms with E-state index in [0.717, 1.165) is 13.0 Å². The Kier molecular flexibility index (Phi) is 3.60. The molecular weight excluding hydrogens is 192 g/mol. The molecule has 0 aromatic rings. The third-order valence-electron chi connectivity index (χ3n) is 2.62. The summed E-state index contributed by atoms with van der Waals surface area (Å²) in [6, 6.07) is 0.244. The average Bonchev–Trinajstić information content (AvgIpc) is 2.43. The van der Waals surface area contributed by atoms with Crippen LogP contribution in [0.2, 0.25) is 0 Å². The minimum Gasteiger partial charge on any atom is -0.444 e. The molecular formula is C11H22N2O2. The lowest BCUT2D eigenvalue weighted by Crippen LogP contribution is -2.39. The molecule has 1 aliphatic heterocycles. The average molecular weight is 214 g/mol. The highest BCUT2D eigenvalue weighted by molar-refractivity contribution is 5.68. The Balaban J connectivity index is 2.54. The fraction of sp³-hybridized carbons (Fsp3) is 0.909. The van der Waals surface area contributed by atoms with Gasteiger partial charge in [-0.3, -0.25) is 0 Å². The molecule has 1 amide bonds. The highest BCUT2D eigenvalue weighted by Gasteiger charge is 2.34. The Hall–Kier alpha value is -0.770. The lowest BCUT2D eigenvalue weighted by molar-refractivity contribution is 0.0234. The van der Waals surface area contributed by atoms with Crippen molar-refractivity contribution in [3.8, 4) is 0 Å². The van der Waals surface area contributed by atoms with Gasteiger partial charge in [0.2, 0.25) is 0 Å². The molecule has 1 saturated heterocycles. The number of rotatable bonds is 1. The summed E-state index contributed by atoms with van der Waals surface area (Å²) in [5.41, 5.74) is 5.19. The van der Waals surface area contributed by atoms with Gasteiger partial charge in [0.25, 0.3) is 0 Å². The van der Waals surface area contributed by atoms with Gasteiger partial charge in [0.15, 0.2) is 0 Å². The summed E-state index contributed by atoms with van der Waals surface area (Å²) in [7, 11) is 0. The van der Waals surface area contributed by atoms with Crippen molar-refractivity contribution in [2.45, 2.75) is 45.8 Å². The second kappa shape index (κ2) is 4.39. The quantitative estimate of drug-likeness (QED) is 0.721. The van der Waals surface area contributed by atoms with Crippen LogP contribution in [-0.2, 0) is 4.74 Å². The molecule has 0 saturated carbocycles. The van der Waals surface area contributed by atoms with Crippen LogP contribution in [0.25, 0.3) is 0 Å². The van der Waals surface area contributed by atoms with E-state index in [2.05, 4.69) is 0 Å². The second-order valence-corrected chi connectivity index (χ2v) is 5.32. The van der Waals surface area contributed by atoms with Crippen molar-refractivity contribution in [2.75, 3.05) is 13.1 Å². The lowest BCUT2D eigenvalue weighted by atomic mass is 10.1. The highest BCUT2D eigenvalue weighted by Crippen LogP contribution is 2.24. The summed E-state index contributed by atoms with van der Waals surface area (Å²) in [6.45, 7) is 9.06. The number of carbonyl (C=O) groups is 1. The van der Waals surface area contributed by atoms with E-state index in [1.54, 1.807) is 4.90 Å². The Bertz CT molecular complexity index is 235. The number of nitrogens with zero attached hydrogens (tertiary/aromatic N) is 1. The molecule has 2 N–H and O–H groups in total. The van der Waals surface area contributed by atoms with Gasteiger partial charge in [-0.25, -0.2) is 4.79 Å². The molecule has 0 aliphatic carbocycles. The van der Waals surface area contributed by atoms with Crippen LogP contribution in [0, 0.1) is 5.92 Å². The predicted octanol–water partition coefficient (Wildman–Crippen LogP) is 1.59. The van der Waals surface area contributed by atoms with E-state index in [4.69, 9.17) is 10.5 Å². The van der Waals surface area contributed by atoms with Gasteiger partial charge < -0.3 is 15.4 Å². The fourth-order valence-corrected chi connectivity index (χ4v) is 1.89. The van der Waals surface area contributed by atoms with Gasteiger partial charge in [0.05, 0.1) is 0 Å². The number of nitrogens with two attached hydrogens (primary N) is 1. The Morgan fingerprint density at radius 2 is 2.13 bits per heavy atom. The fourth-order valence-electron chi connectivity index (χ4n) is 1.89. The molecule has 0 unspecified atom stereocenters. The number of hydrogen-bond donors (Lipinski definition) is 1. The molecule has 0 bridgehead atoms. The van der Waals surface area contributed by atoms with E-state index in [1.165, 1.54) is 0 Å². The molecule has 15 heavy (non-hydrogen) atoms. The normalized spacial score (nSPS) is 26.9. The van der Waals surface area contributed by atoms with E-state index >= 15 is 0 Å². The monoisotopic (exact) mass is 214 g/mol. The van der Waals surface area contributed by atoms with Crippen LogP contribution in [0.15, 0.2) is 0 Å². The maximum absolute atomic E-state index is 11.8. The van der Waals surface area contributed by atoms with Crippen molar-refractivity contribution in [3.63, 3.8) is 0 Å². The van der Waals surface area contributed by atoms with Crippen LogP contribution in [0.3, 0.4) is 0 Å². The van der Waals surface area contributed by atoms with Gasteiger partial charge in [-0.15, -0.1) is 0 Å². The van der Waals surface area contributed by atoms with Gasteiger partial charge >= 0.3 is 6.09 Å². The molecule has 1 heterocycles. The Morgan fingerprint density at radius 1 is 1.53 bits per heavy atom. The predicted molar refractivity (Wildman–Crippen MR) is 59.6 cm³/mol. The standard InChI is InChI=1S/C11H22N2O2/c1-8-5-9(6-12)7-13(8)10(14)15-11(2,3)4/h8-9H,5-7,12H2,1-4H3/t8-,9-/m1/s1. The first-order chi connectivity index (χ1) is 6.83. The smallest absolute Gasteiger partial charge is 0.410 e. The second-order valence-electron chi connectivity index (χ2n) is 5.32. The van der Waals surface area contributed by atoms with Crippen molar-refractivity contribution in [2.24, 2.45) is 11.7 Å². The zero-order valence-corrected chi connectivity index (χ0v) is 10.1. The third kappa shape index (κ3) is 3.38. The van der Waals surface area contributed by atoms with Crippen molar-refractivity contribution in [1.82, 2.24) is 4.90 Å². The lowest BCUT2D eigenvalue weighted by Gasteiger charge is -2.27. The molecule has 4 nitrogen and oxygen atoms in total. The van der Waals surface area contributed by atoms with Crippen LogP contribution in [0.5, 0.6) is 0 Å². The number of carbonyl (C=O) groups excluding carboxylic acids is 1. The van der Waals surface area contributed by atoms with Gasteiger partial charge in [0, 0.05) is 12.6 Å².